The number of nitrogens with one attached hydrogen (secondary N) is 1. The van der Waals surface area contributed by atoms with E-state index in [1.165, 1.54) is 19.2 Å². The van der Waals surface area contributed by atoms with Gasteiger partial charge >= 0.3 is 5.97 Å². The molecule has 0 saturated heterocycles. The van der Waals surface area contributed by atoms with Crippen molar-refractivity contribution in [1.29, 1.82) is 0 Å². The van der Waals surface area contributed by atoms with Crippen LogP contribution in [0.3, 0.4) is 0 Å². The predicted molar refractivity (Wildman–Crippen MR) is 101 cm³/mol. The molecule has 0 radical (unpaired) electrons. The molecule has 1 atom stereocenters. The summed E-state index contributed by atoms with van der Waals surface area (Å²) in [5.74, 6) is -0.575. The summed E-state index contributed by atoms with van der Waals surface area (Å²) < 4.78 is 32.9. The largest absolute Gasteiger partial charge is 0.496 e. The van der Waals surface area contributed by atoms with E-state index in [4.69, 9.17) is 14.6 Å². The van der Waals surface area contributed by atoms with Gasteiger partial charge in [0.2, 0.25) is 10.0 Å². The SMILES string of the molecule is COc1ccc(S(N)(=O)=O)cc1C(=O)OCC(=O)NC(C)CCCC(C)C. The first-order valence-corrected chi connectivity index (χ1v) is 10.3. The van der Waals surface area contributed by atoms with E-state index in [1.807, 2.05) is 6.92 Å². The van der Waals surface area contributed by atoms with Crippen molar-refractivity contribution in [2.24, 2.45) is 11.1 Å². The average Bonchev–Trinajstić information content (AvgIpc) is 2.57. The lowest BCUT2D eigenvalue weighted by Crippen LogP contribution is -2.35. The maximum Gasteiger partial charge on any atom is 0.342 e. The van der Waals surface area contributed by atoms with Crippen LogP contribution in [-0.2, 0) is 19.6 Å². The number of benzene rings is 1. The van der Waals surface area contributed by atoms with Crippen LogP contribution >= 0.6 is 0 Å². The number of methoxy groups -OCH3 is 1. The number of hydrogen-bond acceptors (Lipinski definition) is 6. The molecular formula is C18H28N2O6S. The Morgan fingerprint density at radius 2 is 1.85 bits per heavy atom. The summed E-state index contributed by atoms with van der Waals surface area (Å²) in [5.41, 5.74) is -0.123. The molecule has 1 amide bonds. The molecule has 0 bridgehead atoms. The number of nitrogens with two attached hydrogens (primary N) is 1. The van der Waals surface area contributed by atoms with Crippen molar-refractivity contribution < 1.29 is 27.5 Å². The Kier molecular flexibility index (Phi) is 8.71. The van der Waals surface area contributed by atoms with Gasteiger partial charge in [-0.3, -0.25) is 4.79 Å². The third-order valence-electron chi connectivity index (χ3n) is 3.88. The summed E-state index contributed by atoms with van der Waals surface area (Å²) in [7, 11) is -2.66. The number of primary sulfonamides is 1. The minimum Gasteiger partial charge on any atom is -0.496 e. The number of amides is 1. The minimum atomic E-state index is -3.99. The summed E-state index contributed by atoms with van der Waals surface area (Å²) in [5, 5.41) is 7.83. The molecule has 1 aromatic rings. The molecule has 3 N–H and O–H groups in total. The number of carbonyl (C=O) groups excluding carboxylic acids is 2. The van der Waals surface area contributed by atoms with Crippen LogP contribution < -0.4 is 15.2 Å². The van der Waals surface area contributed by atoms with Crippen molar-refractivity contribution in [3.8, 4) is 5.75 Å². The van der Waals surface area contributed by atoms with Crippen molar-refractivity contribution in [3.63, 3.8) is 0 Å². The quantitative estimate of drug-likeness (QED) is 0.577. The lowest BCUT2D eigenvalue weighted by atomic mass is 10.0. The topological polar surface area (TPSA) is 125 Å². The molecule has 0 aliphatic carbocycles. The Labute approximate surface area is 160 Å². The van der Waals surface area contributed by atoms with Gasteiger partial charge in [0.25, 0.3) is 5.91 Å². The van der Waals surface area contributed by atoms with Crippen molar-refractivity contribution in [2.75, 3.05) is 13.7 Å². The second kappa shape index (κ2) is 10.3. The van der Waals surface area contributed by atoms with Gasteiger partial charge in [-0.2, -0.15) is 0 Å². The smallest absolute Gasteiger partial charge is 0.342 e. The molecule has 27 heavy (non-hydrogen) atoms. The first-order valence-electron chi connectivity index (χ1n) is 8.72. The first kappa shape index (κ1) is 22.9. The summed E-state index contributed by atoms with van der Waals surface area (Å²) in [6.07, 6.45) is 2.91. The molecule has 8 nitrogen and oxygen atoms in total. The van der Waals surface area contributed by atoms with Gasteiger partial charge in [-0.1, -0.05) is 26.7 Å². The van der Waals surface area contributed by atoms with E-state index in [-0.39, 0.29) is 22.3 Å². The normalized spacial score (nSPS) is 12.5. The summed E-state index contributed by atoms with van der Waals surface area (Å²) in [4.78, 5) is 23.9. The molecule has 0 aliphatic rings. The molecule has 0 aliphatic heterocycles. The van der Waals surface area contributed by atoms with Crippen LogP contribution in [0.2, 0.25) is 0 Å². The maximum absolute atomic E-state index is 12.2. The van der Waals surface area contributed by atoms with Crippen LogP contribution in [0, 0.1) is 5.92 Å². The van der Waals surface area contributed by atoms with Crippen molar-refractivity contribution in [1.82, 2.24) is 5.32 Å². The van der Waals surface area contributed by atoms with E-state index in [0.29, 0.717) is 5.92 Å². The highest BCUT2D eigenvalue weighted by Crippen LogP contribution is 2.22. The van der Waals surface area contributed by atoms with Crippen LogP contribution in [0.1, 0.15) is 50.4 Å². The second-order valence-corrected chi connectivity index (χ2v) is 8.34. The van der Waals surface area contributed by atoms with Gasteiger partial charge in [-0.25, -0.2) is 18.4 Å². The minimum absolute atomic E-state index is 0.0322. The third-order valence-corrected chi connectivity index (χ3v) is 4.79. The Morgan fingerprint density at radius 1 is 1.19 bits per heavy atom. The highest BCUT2D eigenvalue weighted by molar-refractivity contribution is 7.89. The third kappa shape index (κ3) is 7.96. The summed E-state index contributed by atoms with van der Waals surface area (Å²) in [6, 6.07) is 3.54. The zero-order chi connectivity index (χ0) is 20.6. The van der Waals surface area contributed by atoms with Crippen LogP contribution in [0.25, 0.3) is 0 Å². The molecule has 0 heterocycles. The second-order valence-electron chi connectivity index (χ2n) is 6.78. The molecule has 0 aromatic heterocycles. The molecule has 0 fully saturated rings. The number of sulfonamides is 1. The fraction of sp³-hybridized carbons (Fsp3) is 0.556. The number of ether oxygens (including phenoxy) is 2. The zero-order valence-corrected chi connectivity index (χ0v) is 17.0. The van der Waals surface area contributed by atoms with Crippen molar-refractivity contribution >= 4 is 21.9 Å². The van der Waals surface area contributed by atoms with Crippen LogP contribution in [-0.4, -0.2) is 40.1 Å². The number of rotatable bonds is 10. The van der Waals surface area contributed by atoms with Gasteiger partial charge in [0, 0.05) is 6.04 Å². The maximum atomic E-state index is 12.2. The standard InChI is InChI=1S/C18H28N2O6S/c1-12(2)6-5-7-13(3)20-17(21)11-26-18(22)15-10-14(27(19,23)24)8-9-16(15)25-4/h8-10,12-13H,5-7,11H2,1-4H3,(H,20,21)(H2,19,23,24). The lowest BCUT2D eigenvalue weighted by Gasteiger charge is -2.15. The number of esters is 1. The van der Waals surface area contributed by atoms with E-state index in [2.05, 4.69) is 19.2 Å². The predicted octanol–water partition coefficient (Wildman–Crippen LogP) is 1.83. The highest BCUT2D eigenvalue weighted by atomic mass is 32.2. The Balaban J connectivity index is 2.65. The molecular weight excluding hydrogens is 372 g/mol. The fourth-order valence-electron chi connectivity index (χ4n) is 2.45. The Bertz CT molecular complexity index is 761. The molecule has 1 aromatic carbocycles. The molecule has 1 unspecified atom stereocenters. The van der Waals surface area contributed by atoms with Crippen molar-refractivity contribution in [3.05, 3.63) is 23.8 Å². The zero-order valence-electron chi connectivity index (χ0n) is 16.2. The van der Waals surface area contributed by atoms with E-state index < -0.39 is 28.5 Å². The van der Waals surface area contributed by atoms with E-state index in [0.717, 1.165) is 25.3 Å². The molecule has 1 rings (SSSR count). The monoisotopic (exact) mass is 400 g/mol. The Hall–Kier alpha value is -2.13. The number of hydrogen-bond donors (Lipinski definition) is 2. The van der Waals surface area contributed by atoms with E-state index in [9.17, 15) is 18.0 Å². The van der Waals surface area contributed by atoms with Crippen LogP contribution in [0.15, 0.2) is 23.1 Å². The average molecular weight is 400 g/mol. The lowest BCUT2D eigenvalue weighted by molar-refractivity contribution is -0.124. The van der Waals surface area contributed by atoms with Gasteiger partial charge < -0.3 is 14.8 Å². The van der Waals surface area contributed by atoms with E-state index in [1.54, 1.807) is 0 Å². The molecule has 152 valence electrons. The van der Waals surface area contributed by atoms with Gasteiger partial charge in [0.05, 0.1) is 12.0 Å². The first-order chi connectivity index (χ1) is 12.5. The fourth-order valence-corrected chi connectivity index (χ4v) is 2.99. The van der Waals surface area contributed by atoms with Gasteiger partial charge in [0.15, 0.2) is 6.61 Å². The Morgan fingerprint density at radius 3 is 2.41 bits per heavy atom. The van der Waals surface area contributed by atoms with Gasteiger partial charge in [-0.15, -0.1) is 0 Å². The van der Waals surface area contributed by atoms with Gasteiger partial charge in [0.1, 0.15) is 11.3 Å². The molecule has 0 spiro atoms. The van der Waals surface area contributed by atoms with Crippen molar-refractivity contribution in [2.45, 2.75) is 51.0 Å². The summed E-state index contributed by atoms with van der Waals surface area (Å²) in [6.45, 7) is 5.69. The molecule has 9 heteroatoms. The van der Waals surface area contributed by atoms with E-state index >= 15 is 0 Å². The number of carbonyl (C=O) groups is 2. The summed E-state index contributed by atoms with van der Waals surface area (Å²) >= 11 is 0. The highest BCUT2D eigenvalue weighted by Gasteiger charge is 2.19. The van der Waals surface area contributed by atoms with Crippen LogP contribution in [0.5, 0.6) is 5.75 Å². The van der Waals surface area contributed by atoms with Gasteiger partial charge in [-0.05, 0) is 37.5 Å². The molecule has 0 saturated carbocycles. The van der Waals surface area contributed by atoms with Crippen LogP contribution in [0.4, 0.5) is 0 Å².